The van der Waals surface area contributed by atoms with Crippen molar-refractivity contribution >= 4 is 8.56 Å². The van der Waals surface area contributed by atoms with Gasteiger partial charge in [0.15, 0.2) is 0 Å². The third kappa shape index (κ3) is 5.05. The Hall–Kier alpha value is 0.0569. The fraction of sp³-hybridized carbons (Fsp3) is 1.00. The lowest BCUT2D eigenvalue weighted by atomic mass is 10.3. The van der Waals surface area contributed by atoms with Gasteiger partial charge in [0.05, 0.1) is 18.9 Å². The molecule has 0 radical (unpaired) electrons. The predicted octanol–water partition coefficient (Wildman–Crippen LogP) is 2.25. The summed E-state index contributed by atoms with van der Waals surface area (Å²) < 4.78 is 22.9. The summed E-state index contributed by atoms with van der Waals surface area (Å²) >= 11 is 0. The molecule has 102 valence electrons. The van der Waals surface area contributed by atoms with Gasteiger partial charge in [-0.1, -0.05) is 6.92 Å². The quantitative estimate of drug-likeness (QED) is 0.472. The summed E-state index contributed by atoms with van der Waals surface area (Å²) in [5.41, 5.74) is 0.0284. The maximum Gasteiger partial charge on any atom is 0.364 e. The van der Waals surface area contributed by atoms with E-state index in [4.69, 9.17) is 18.3 Å². The highest BCUT2D eigenvalue weighted by Gasteiger charge is 2.41. The second-order valence-corrected chi connectivity index (χ2v) is 8.09. The Morgan fingerprint density at radius 2 is 2.00 bits per heavy atom. The Kier molecular flexibility index (Phi) is 6.09. The molecule has 1 aliphatic heterocycles. The van der Waals surface area contributed by atoms with E-state index in [2.05, 4.69) is 20.4 Å². The molecule has 17 heavy (non-hydrogen) atoms. The lowest BCUT2D eigenvalue weighted by Gasteiger charge is -2.34. The largest absolute Gasteiger partial charge is 0.393 e. The second-order valence-electron chi connectivity index (χ2n) is 4.72. The van der Waals surface area contributed by atoms with Crippen LogP contribution in [-0.4, -0.2) is 46.3 Å². The van der Waals surface area contributed by atoms with E-state index < -0.39 is 8.56 Å². The number of ether oxygens (including phenoxy) is 2. The van der Waals surface area contributed by atoms with Crippen LogP contribution in [-0.2, 0) is 18.3 Å². The third-order valence-corrected chi connectivity index (χ3v) is 6.49. The Balaban J connectivity index is 2.46. The molecule has 0 spiro atoms. The highest BCUT2D eigenvalue weighted by atomic mass is 28.4. The first-order valence-corrected chi connectivity index (χ1v) is 8.96. The fourth-order valence-corrected chi connectivity index (χ4v) is 4.02. The molecule has 1 fully saturated rings. The van der Waals surface area contributed by atoms with Gasteiger partial charge in [-0.2, -0.15) is 0 Å². The van der Waals surface area contributed by atoms with E-state index in [1.807, 2.05) is 13.8 Å². The number of epoxide rings is 1. The summed E-state index contributed by atoms with van der Waals surface area (Å²) in [6.45, 7) is 12.5. The average Bonchev–Trinajstić information content (AvgIpc) is 3.09. The molecule has 0 aliphatic carbocycles. The zero-order valence-corrected chi connectivity index (χ0v) is 12.7. The van der Waals surface area contributed by atoms with Gasteiger partial charge in [0.25, 0.3) is 0 Å². The van der Waals surface area contributed by atoms with Gasteiger partial charge >= 0.3 is 8.56 Å². The van der Waals surface area contributed by atoms with E-state index in [1.54, 1.807) is 0 Å². The second kappa shape index (κ2) is 6.85. The van der Waals surface area contributed by atoms with Gasteiger partial charge < -0.3 is 18.3 Å². The summed E-state index contributed by atoms with van der Waals surface area (Å²) in [4.78, 5) is 0. The Morgan fingerprint density at radius 1 is 1.35 bits per heavy atom. The first-order valence-electron chi connectivity index (χ1n) is 6.56. The molecular formula is C12H26O4Si. The minimum absolute atomic E-state index is 0.0284. The van der Waals surface area contributed by atoms with Crippen molar-refractivity contribution in [1.82, 2.24) is 0 Å². The van der Waals surface area contributed by atoms with Crippen molar-refractivity contribution < 1.29 is 18.3 Å². The van der Waals surface area contributed by atoms with Crippen molar-refractivity contribution in [2.24, 2.45) is 0 Å². The van der Waals surface area contributed by atoms with Gasteiger partial charge in [-0.15, -0.1) is 0 Å². The van der Waals surface area contributed by atoms with Gasteiger partial charge in [0, 0.05) is 12.7 Å². The van der Waals surface area contributed by atoms with Crippen LogP contribution in [0.2, 0.25) is 6.55 Å². The molecule has 0 amide bonds. The van der Waals surface area contributed by atoms with E-state index in [-0.39, 0.29) is 11.8 Å². The van der Waals surface area contributed by atoms with Crippen LogP contribution in [0.5, 0.6) is 0 Å². The van der Waals surface area contributed by atoms with Crippen LogP contribution in [0, 0.1) is 0 Å². The van der Waals surface area contributed by atoms with Crippen molar-refractivity contribution in [1.29, 1.82) is 0 Å². The molecular weight excluding hydrogens is 236 g/mol. The first-order chi connectivity index (χ1) is 8.01. The molecule has 1 aliphatic rings. The Labute approximate surface area is 106 Å². The maximum absolute atomic E-state index is 6.09. The SMILES string of the molecule is CCO[Si](C)(OC(C)CC)C(C)OCC1CO1. The molecule has 1 heterocycles. The fourth-order valence-electron chi connectivity index (χ4n) is 1.58. The van der Waals surface area contributed by atoms with Gasteiger partial charge in [-0.3, -0.25) is 0 Å². The van der Waals surface area contributed by atoms with E-state index in [9.17, 15) is 0 Å². The molecule has 4 atom stereocenters. The molecule has 0 bridgehead atoms. The monoisotopic (exact) mass is 262 g/mol. The highest BCUT2D eigenvalue weighted by molar-refractivity contribution is 6.67. The Bertz CT molecular complexity index is 223. The van der Waals surface area contributed by atoms with Gasteiger partial charge in [-0.25, -0.2) is 0 Å². The predicted molar refractivity (Wildman–Crippen MR) is 69.2 cm³/mol. The molecule has 1 rings (SSSR count). The average molecular weight is 262 g/mol. The van der Waals surface area contributed by atoms with Gasteiger partial charge in [-0.05, 0) is 33.7 Å². The highest BCUT2D eigenvalue weighted by Crippen LogP contribution is 2.20. The smallest absolute Gasteiger partial charge is 0.364 e. The minimum atomic E-state index is -2.25. The maximum atomic E-state index is 6.09. The van der Waals surface area contributed by atoms with Crippen LogP contribution in [0.4, 0.5) is 0 Å². The summed E-state index contributed by atoms with van der Waals surface area (Å²) in [5, 5.41) is 0. The lowest BCUT2D eigenvalue weighted by Crippen LogP contribution is -2.52. The zero-order valence-electron chi connectivity index (χ0n) is 11.7. The lowest BCUT2D eigenvalue weighted by molar-refractivity contribution is 0.0350. The molecule has 4 nitrogen and oxygen atoms in total. The Morgan fingerprint density at radius 3 is 2.47 bits per heavy atom. The molecule has 0 N–H and O–H groups in total. The number of rotatable bonds is 9. The normalized spacial score (nSPS) is 26.3. The van der Waals surface area contributed by atoms with E-state index >= 15 is 0 Å². The summed E-state index contributed by atoms with van der Waals surface area (Å²) in [6.07, 6.45) is 1.51. The number of hydrogen-bond donors (Lipinski definition) is 0. The molecule has 0 aromatic heterocycles. The molecule has 0 aromatic rings. The van der Waals surface area contributed by atoms with Crippen LogP contribution >= 0.6 is 0 Å². The van der Waals surface area contributed by atoms with Crippen molar-refractivity contribution in [3.63, 3.8) is 0 Å². The molecule has 0 aromatic carbocycles. The van der Waals surface area contributed by atoms with Crippen molar-refractivity contribution in [3.8, 4) is 0 Å². The molecule has 4 unspecified atom stereocenters. The summed E-state index contributed by atoms with van der Waals surface area (Å²) in [6, 6.07) is 0. The van der Waals surface area contributed by atoms with Crippen LogP contribution in [0.1, 0.15) is 34.1 Å². The van der Waals surface area contributed by atoms with Crippen LogP contribution in [0.3, 0.4) is 0 Å². The van der Waals surface area contributed by atoms with Crippen LogP contribution < -0.4 is 0 Å². The third-order valence-electron chi connectivity index (χ3n) is 3.11. The van der Waals surface area contributed by atoms with Crippen molar-refractivity contribution in [3.05, 3.63) is 0 Å². The number of hydrogen-bond acceptors (Lipinski definition) is 4. The summed E-state index contributed by atoms with van der Waals surface area (Å²) in [7, 11) is -2.25. The first kappa shape index (κ1) is 15.1. The van der Waals surface area contributed by atoms with Crippen LogP contribution in [0.15, 0.2) is 0 Å². The molecule has 0 saturated carbocycles. The van der Waals surface area contributed by atoms with Gasteiger partial charge in [0.2, 0.25) is 0 Å². The van der Waals surface area contributed by atoms with E-state index in [0.717, 1.165) is 13.0 Å². The van der Waals surface area contributed by atoms with Crippen molar-refractivity contribution in [2.75, 3.05) is 19.8 Å². The molecule has 5 heteroatoms. The molecule has 1 saturated heterocycles. The minimum Gasteiger partial charge on any atom is -0.393 e. The van der Waals surface area contributed by atoms with E-state index in [0.29, 0.717) is 19.3 Å². The summed E-state index contributed by atoms with van der Waals surface area (Å²) in [5.74, 6) is 0. The zero-order chi connectivity index (χ0) is 12.9. The van der Waals surface area contributed by atoms with Gasteiger partial charge in [0.1, 0.15) is 6.10 Å². The van der Waals surface area contributed by atoms with Crippen LogP contribution in [0.25, 0.3) is 0 Å². The topological polar surface area (TPSA) is 40.2 Å². The van der Waals surface area contributed by atoms with Crippen molar-refractivity contribution in [2.45, 2.75) is 58.6 Å². The van der Waals surface area contributed by atoms with E-state index in [1.165, 1.54) is 0 Å². The standard InChI is InChI=1S/C12H26O4Si/c1-6-10(3)16-17(5,15-7-2)11(4)13-8-12-9-14-12/h10-12H,6-9H2,1-5H3.